The number of nitrogens with one attached hydrogen (secondary N) is 1. The van der Waals surface area contributed by atoms with Gasteiger partial charge in [0.15, 0.2) is 6.61 Å². The van der Waals surface area contributed by atoms with E-state index < -0.39 is 23.7 Å². The summed E-state index contributed by atoms with van der Waals surface area (Å²) in [6.07, 6.45) is 0.376. The molecule has 0 bridgehead atoms. The van der Waals surface area contributed by atoms with Crippen molar-refractivity contribution in [2.24, 2.45) is 17.6 Å². The van der Waals surface area contributed by atoms with Gasteiger partial charge in [-0.1, -0.05) is 0 Å². The molecule has 0 aromatic heterocycles. The first-order valence-corrected chi connectivity index (χ1v) is 6.02. The molecule has 0 heterocycles. The Balaban J connectivity index is 1.86. The molecule has 1 aliphatic rings. The summed E-state index contributed by atoms with van der Waals surface area (Å²) in [5.74, 6) is -2.40. The first kappa shape index (κ1) is 13.9. The van der Waals surface area contributed by atoms with Crippen LogP contribution in [-0.4, -0.2) is 29.5 Å². The van der Waals surface area contributed by atoms with Crippen molar-refractivity contribution in [2.75, 3.05) is 11.9 Å². The summed E-state index contributed by atoms with van der Waals surface area (Å²) in [6.45, 7) is -0.214. The van der Waals surface area contributed by atoms with Crippen LogP contribution in [-0.2, 0) is 14.4 Å². The standard InChI is InChI=1S/C13H14N2O5/c14-11(16)6-20-8-3-1-7(2-4-8)15-12(17)9-5-10(9)13(18)19/h1-4,9-10H,5-6H2,(H2,14,16)(H,15,17)(H,18,19). The average Bonchev–Trinajstić information content (AvgIpc) is 3.18. The van der Waals surface area contributed by atoms with Crippen LogP contribution in [0.1, 0.15) is 6.42 Å². The highest BCUT2D eigenvalue weighted by molar-refractivity contribution is 5.98. The molecule has 1 saturated carbocycles. The zero-order chi connectivity index (χ0) is 14.7. The van der Waals surface area contributed by atoms with Crippen molar-refractivity contribution < 1.29 is 24.2 Å². The maximum Gasteiger partial charge on any atom is 0.307 e. The second kappa shape index (κ2) is 5.60. The molecule has 1 aliphatic carbocycles. The van der Waals surface area contributed by atoms with Gasteiger partial charge in [-0.2, -0.15) is 0 Å². The fourth-order valence-corrected chi connectivity index (χ4v) is 1.78. The van der Waals surface area contributed by atoms with Gasteiger partial charge in [-0.25, -0.2) is 0 Å². The van der Waals surface area contributed by atoms with Crippen molar-refractivity contribution in [3.8, 4) is 5.75 Å². The quantitative estimate of drug-likeness (QED) is 0.687. The third-order valence-corrected chi connectivity index (χ3v) is 2.95. The molecular formula is C13H14N2O5. The fourth-order valence-electron chi connectivity index (χ4n) is 1.78. The Bertz CT molecular complexity index is 540. The van der Waals surface area contributed by atoms with Crippen LogP contribution >= 0.6 is 0 Å². The van der Waals surface area contributed by atoms with Crippen molar-refractivity contribution >= 4 is 23.5 Å². The largest absolute Gasteiger partial charge is 0.484 e. The molecule has 4 N–H and O–H groups in total. The molecule has 2 rings (SSSR count). The Morgan fingerprint density at radius 3 is 2.40 bits per heavy atom. The lowest BCUT2D eigenvalue weighted by Crippen LogP contribution is -2.20. The summed E-state index contributed by atoms with van der Waals surface area (Å²) in [7, 11) is 0. The molecule has 1 fully saturated rings. The van der Waals surface area contributed by atoms with Gasteiger partial charge in [-0.05, 0) is 30.7 Å². The zero-order valence-electron chi connectivity index (χ0n) is 10.5. The Morgan fingerprint density at radius 1 is 1.25 bits per heavy atom. The van der Waals surface area contributed by atoms with Crippen LogP contribution in [0.15, 0.2) is 24.3 Å². The molecule has 1 aromatic rings. The summed E-state index contributed by atoms with van der Waals surface area (Å²) >= 11 is 0. The van der Waals surface area contributed by atoms with E-state index in [1.165, 1.54) is 0 Å². The number of nitrogens with two attached hydrogens (primary N) is 1. The Morgan fingerprint density at radius 2 is 1.90 bits per heavy atom. The van der Waals surface area contributed by atoms with Gasteiger partial charge in [0.25, 0.3) is 5.91 Å². The van der Waals surface area contributed by atoms with Crippen LogP contribution in [0.3, 0.4) is 0 Å². The van der Waals surface area contributed by atoms with E-state index in [1.807, 2.05) is 0 Å². The number of amides is 2. The van der Waals surface area contributed by atoms with E-state index in [9.17, 15) is 14.4 Å². The molecule has 20 heavy (non-hydrogen) atoms. The molecule has 2 atom stereocenters. The number of hydrogen-bond acceptors (Lipinski definition) is 4. The summed E-state index contributed by atoms with van der Waals surface area (Å²) in [4.78, 5) is 32.9. The van der Waals surface area contributed by atoms with Crippen LogP contribution in [0.4, 0.5) is 5.69 Å². The van der Waals surface area contributed by atoms with Gasteiger partial charge in [0.2, 0.25) is 5.91 Å². The first-order chi connectivity index (χ1) is 9.47. The van der Waals surface area contributed by atoms with Crippen LogP contribution in [0, 0.1) is 11.8 Å². The SMILES string of the molecule is NC(=O)COc1ccc(NC(=O)C2CC2C(=O)O)cc1. The summed E-state index contributed by atoms with van der Waals surface area (Å²) in [6, 6.07) is 6.37. The molecule has 106 valence electrons. The highest BCUT2D eigenvalue weighted by Gasteiger charge is 2.48. The molecule has 0 radical (unpaired) electrons. The number of primary amides is 1. The molecule has 0 spiro atoms. The Kier molecular flexibility index (Phi) is 3.88. The van der Waals surface area contributed by atoms with E-state index in [2.05, 4.69) is 5.32 Å². The van der Waals surface area contributed by atoms with E-state index in [0.29, 0.717) is 17.9 Å². The van der Waals surface area contributed by atoms with E-state index in [-0.39, 0.29) is 12.5 Å². The lowest BCUT2D eigenvalue weighted by atomic mass is 10.2. The number of ether oxygens (including phenoxy) is 1. The van der Waals surface area contributed by atoms with Crippen molar-refractivity contribution in [1.82, 2.24) is 0 Å². The van der Waals surface area contributed by atoms with Gasteiger partial charge in [0.1, 0.15) is 5.75 Å². The van der Waals surface area contributed by atoms with E-state index in [4.69, 9.17) is 15.6 Å². The lowest BCUT2D eigenvalue weighted by Gasteiger charge is -2.07. The van der Waals surface area contributed by atoms with Crippen LogP contribution in [0.5, 0.6) is 5.75 Å². The van der Waals surface area contributed by atoms with Crippen LogP contribution in [0.25, 0.3) is 0 Å². The predicted molar refractivity (Wildman–Crippen MR) is 69.0 cm³/mol. The number of aliphatic carboxylic acids is 1. The predicted octanol–water partition coefficient (Wildman–Crippen LogP) is 0.210. The maximum atomic E-state index is 11.7. The summed E-state index contributed by atoms with van der Waals surface area (Å²) in [5, 5.41) is 11.4. The van der Waals surface area contributed by atoms with Crippen LogP contribution < -0.4 is 15.8 Å². The van der Waals surface area contributed by atoms with Gasteiger partial charge in [-0.15, -0.1) is 0 Å². The normalized spacial score (nSPS) is 20.0. The Hall–Kier alpha value is -2.57. The van der Waals surface area contributed by atoms with Crippen molar-refractivity contribution in [1.29, 1.82) is 0 Å². The minimum Gasteiger partial charge on any atom is -0.484 e. The number of carbonyl (C=O) groups is 3. The Labute approximate surface area is 114 Å². The number of benzene rings is 1. The maximum absolute atomic E-state index is 11.7. The van der Waals surface area contributed by atoms with Crippen molar-refractivity contribution in [3.05, 3.63) is 24.3 Å². The molecular weight excluding hydrogens is 264 g/mol. The van der Waals surface area contributed by atoms with Gasteiger partial charge in [0.05, 0.1) is 11.8 Å². The smallest absolute Gasteiger partial charge is 0.307 e. The third kappa shape index (κ3) is 3.47. The minimum atomic E-state index is -0.944. The van der Waals surface area contributed by atoms with Gasteiger partial charge >= 0.3 is 5.97 Å². The zero-order valence-corrected chi connectivity index (χ0v) is 10.5. The number of carbonyl (C=O) groups excluding carboxylic acids is 2. The number of rotatable bonds is 6. The van der Waals surface area contributed by atoms with Gasteiger partial charge < -0.3 is 20.9 Å². The van der Waals surface area contributed by atoms with Crippen molar-refractivity contribution in [3.63, 3.8) is 0 Å². The van der Waals surface area contributed by atoms with Gasteiger partial charge in [-0.3, -0.25) is 14.4 Å². The fraction of sp³-hybridized carbons (Fsp3) is 0.308. The molecule has 7 nitrogen and oxygen atoms in total. The van der Waals surface area contributed by atoms with Gasteiger partial charge in [0, 0.05) is 5.69 Å². The average molecular weight is 278 g/mol. The second-order valence-corrected chi connectivity index (χ2v) is 4.56. The van der Waals surface area contributed by atoms with E-state index in [1.54, 1.807) is 24.3 Å². The molecule has 0 saturated heterocycles. The topological polar surface area (TPSA) is 119 Å². The van der Waals surface area contributed by atoms with E-state index >= 15 is 0 Å². The molecule has 0 aliphatic heterocycles. The molecule has 2 amide bonds. The van der Waals surface area contributed by atoms with Crippen molar-refractivity contribution in [2.45, 2.75) is 6.42 Å². The van der Waals surface area contributed by atoms with Crippen LogP contribution in [0.2, 0.25) is 0 Å². The molecule has 1 aromatic carbocycles. The highest BCUT2D eigenvalue weighted by Crippen LogP contribution is 2.39. The second-order valence-electron chi connectivity index (χ2n) is 4.56. The summed E-state index contributed by atoms with van der Waals surface area (Å²) < 4.78 is 5.07. The lowest BCUT2D eigenvalue weighted by molar-refractivity contribution is -0.139. The summed E-state index contributed by atoms with van der Waals surface area (Å²) in [5.41, 5.74) is 5.48. The first-order valence-electron chi connectivity index (χ1n) is 6.02. The molecule has 2 unspecified atom stereocenters. The molecule has 7 heteroatoms. The minimum absolute atomic E-state index is 0.214. The van der Waals surface area contributed by atoms with E-state index in [0.717, 1.165) is 0 Å². The third-order valence-electron chi connectivity index (χ3n) is 2.95. The number of hydrogen-bond donors (Lipinski definition) is 3. The highest BCUT2D eigenvalue weighted by atomic mass is 16.5. The monoisotopic (exact) mass is 278 g/mol. The number of carboxylic acid groups (broad SMARTS) is 1. The number of carboxylic acids is 1. The number of anilines is 1.